The number of rotatable bonds is 17. The number of aliphatic carboxylic acids is 1. The Morgan fingerprint density at radius 1 is 0.868 bits per heavy atom. The van der Waals surface area contributed by atoms with Crippen LogP contribution in [0.5, 0.6) is 5.75 Å². The Hall–Kier alpha value is -3.71. The van der Waals surface area contributed by atoms with E-state index >= 15 is 0 Å². The van der Waals surface area contributed by atoms with E-state index in [1.165, 1.54) is 12.1 Å². The Bertz CT molecular complexity index is 954. The van der Waals surface area contributed by atoms with Crippen LogP contribution in [0.2, 0.25) is 0 Å². The Labute approximate surface area is 221 Å². The summed E-state index contributed by atoms with van der Waals surface area (Å²) in [7, 11) is 0. The normalized spacial score (nSPS) is 14.1. The number of carboxylic acids is 1. The molecule has 4 amide bonds. The lowest BCUT2D eigenvalue weighted by molar-refractivity contribution is -0.142. The quantitative estimate of drug-likeness (QED) is 0.112. The van der Waals surface area contributed by atoms with Crippen molar-refractivity contribution in [2.75, 3.05) is 6.54 Å². The van der Waals surface area contributed by atoms with Gasteiger partial charge in [-0.25, -0.2) is 4.79 Å². The van der Waals surface area contributed by atoms with Gasteiger partial charge in [-0.05, 0) is 55.8 Å². The molecule has 4 atom stereocenters. The van der Waals surface area contributed by atoms with Gasteiger partial charge < -0.3 is 43.4 Å². The summed E-state index contributed by atoms with van der Waals surface area (Å²) >= 11 is 0. The van der Waals surface area contributed by atoms with E-state index in [2.05, 4.69) is 16.0 Å². The van der Waals surface area contributed by atoms with E-state index in [9.17, 15) is 34.2 Å². The number of phenolic OH excluding ortho intramolecular Hbond substituents is 1. The van der Waals surface area contributed by atoms with E-state index in [1.54, 1.807) is 12.1 Å². The van der Waals surface area contributed by atoms with Crippen molar-refractivity contribution < 1.29 is 34.2 Å². The number of hydrogen-bond donors (Lipinski definition) is 8. The molecule has 0 aliphatic carbocycles. The number of benzene rings is 1. The minimum Gasteiger partial charge on any atom is -0.508 e. The van der Waals surface area contributed by atoms with E-state index in [4.69, 9.17) is 17.2 Å². The maximum Gasteiger partial charge on any atom is 0.326 e. The van der Waals surface area contributed by atoms with Crippen LogP contribution in [0.25, 0.3) is 0 Å². The molecule has 38 heavy (non-hydrogen) atoms. The molecule has 0 aliphatic rings. The molecule has 0 fully saturated rings. The molecule has 212 valence electrons. The van der Waals surface area contributed by atoms with Gasteiger partial charge >= 0.3 is 5.97 Å². The van der Waals surface area contributed by atoms with Gasteiger partial charge in [-0.2, -0.15) is 0 Å². The first-order valence-corrected chi connectivity index (χ1v) is 12.5. The van der Waals surface area contributed by atoms with E-state index in [0.29, 0.717) is 24.9 Å². The highest BCUT2D eigenvalue weighted by Gasteiger charge is 2.31. The van der Waals surface area contributed by atoms with Crippen molar-refractivity contribution >= 4 is 29.6 Å². The van der Waals surface area contributed by atoms with Gasteiger partial charge in [0.1, 0.15) is 23.9 Å². The van der Waals surface area contributed by atoms with Gasteiger partial charge in [0.05, 0.1) is 12.5 Å². The number of nitrogens with two attached hydrogens (primary N) is 3. The highest BCUT2D eigenvalue weighted by Crippen LogP contribution is 2.12. The summed E-state index contributed by atoms with van der Waals surface area (Å²) in [6.07, 6.45) is 1.01. The molecule has 1 rings (SSSR count). The van der Waals surface area contributed by atoms with Crippen molar-refractivity contribution in [1.82, 2.24) is 16.0 Å². The highest BCUT2D eigenvalue weighted by atomic mass is 16.4. The monoisotopic (exact) mass is 536 g/mol. The van der Waals surface area contributed by atoms with Crippen molar-refractivity contribution in [3.05, 3.63) is 29.8 Å². The molecule has 0 aromatic heterocycles. The molecule has 1 aromatic rings. The maximum absolute atomic E-state index is 13.1. The van der Waals surface area contributed by atoms with Gasteiger partial charge in [0.25, 0.3) is 0 Å². The van der Waals surface area contributed by atoms with Crippen LogP contribution in [0.4, 0.5) is 0 Å². The number of aromatic hydroxyl groups is 1. The average molecular weight is 537 g/mol. The van der Waals surface area contributed by atoms with E-state index in [-0.39, 0.29) is 30.9 Å². The van der Waals surface area contributed by atoms with E-state index < -0.39 is 60.2 Å². The summed E-state index contributed by atoms with van der Waals surface area (Å²) in [5, 5.41) is 26.7. The van der Waals surface area contributed by atoms with Crippen molar-refractivity contribution in [3.8, 4) is 5.75 Å². The molecule has 0 aliphatic heterocycles. The number of carbonyl (C=O) groups is 5. The van der Waals surface area contributed by atoms with Crippen LogP contribution < -0.4 is 33.2 Å². The molecule has 13 heteroatoms. The Morgan fingerprint density at radius 3 is 1.95 bits per heavy atom. The molecule has 11 N–H and O–H groups in total. The summed E-state index contributed by atoms with van der Waals surface area (Å²) in [6, 6.07) is 1.21. The molecule has 1 aromatic carbocycles. The smallest absolute Gasteiger partial charge is 0.326 e. The molecular formula is C25H40N6O7. The largest absolute Gasteiger partial charge is 0.508 e. The fourth-order valence-electron chi connectivity index (χ4n) is 3.67. The molecule has 4 unspecified atom stereocenters. The number of carboxylic acid groups (broad SMARTS) is 1. The van der Waals surface area contributed by atoms with Crippen molar-refractivity contribution in [2.24, 2.45) is 23.1 Å². The zero-order valence-electron chi connectivity index (χ0n) is 21.8. The topological polar surface area (TPSA) is 240 Å². The SMILES string of the molecule is CC(C)CC(NC(=O)C(N)CC(N)=O)C(=O)NC(CCCCN)C(=O)NC(Cc1ccc(O)cc1)C(=O)O. The number of amides is 4. The van der Waals surface area contributed by atoms with E-state index in [1.807, 2.05) is 13.8 Å². The minimum absolute atomic E-state index is 0.0194. The number of nitrogens with one attached hydrogen (secondary N) is 3. The van der Waals surface area contributed by atoms with Gasteiger partial charge in [0, 0.05) is 6.42 Å². The summed E-state index contributed by atoms with van der Waals surface area (Å²) in [4.78, 5) is 61.6. The molecular weight excluding hydrogens is 496 g/mol. The molecule has 0 bridgehead atoms. The number of hydrogen-bond acceptors (Lipinski definition) is 8. The number of carbonyl (C=O) groups excluding carboxylic acids is 4. The van der Waals surface area contributed by atoms with Crippen LogP contribution in [0, 0.1) is 5.92 Å². The fourth-order valence-corrected chi connectivity index (χ4v) is 3.67. The Kier molecular flexibility index (Phi) is 13.8. The van der Waals surface area contributed by atoms with Crippen LogP contribution in [-0.2, 0) is 30.4 Å². The second-order valence-corrected chi connectivity index (χ2v) is 9.58. The lowest BCUT2D eigenvalue weighted by Crippen LogP contribution is -2.57. The number of unbranched alkanes of at least 4 members (excludes halogenated alkanes) is 1. The molecule has 0 saturated carbocycles. The fraction of sp³-hybridized carbons (Fsp3) is 0.560. The van der Waals surface area contributed by atoms with Crippen molar-refractivity contribution in [3.63, 3.8) is 0 Å². The van der Waals surface area contributed by atoms with Gasteiger partial charge in [-0.1, -0.05) is 26.0 Å². The first kappa shape index (κ1) is 32.3. The summed E-state index contributed by atoms with van der Waals surface area (Å²) < 4.78 is 0. The second-order valence-electron chi connectivity index (χ2n) is 9.58. The molecule has 0 saturated heterocycles. The molecule has 13 nitrogen and oxygen atoms in total. The summed E-state index contributed by atoms with van der Waals surface area (Å²) in [5.74, 6) is -4.15. The first-order valence-electron chi connectivity index (χ1n) is 12.5. The van der Waals surface area contributed by atoms with E-state index in [0.717, 1.165) is 0 Å². The number of phenols is 1. The zero-order valence-corrected chi connectivity index (χ0v) is 21.8. The summed E-state index contributed by atoms with van der Waals surface area (Å²) in [6.45, 7) is 4.04. The van der Waals surface area contributed by atoms with Crippen LogP contribution in [0.1, 0.15) is 51.5 Å². The predicted octanol–water partition coefficient (Wildman–Crippen LogP) is -1.15. The lowest BCUT2D eigenvalue weighted by atomic mass is 10.0. The Balaban J connectivity index is 3.03. The van der Waals surface area contributed by atoms with Gasteiger partial charge in [-0.15, -0.1) is 0 Å². The van der Waals surface area contributed by atoms with Crippen molar-refractivity contribution in [2.45, 2.75) is 76.5 Å². The van der Waals surface area contributed by atoms with Gasteiger partial charge in [0.15, 0.2) is 0 Å². The third-order valence-corrected chi connectivity index (χ3v) is 5.67. The van der Waals surface area contributed by atoms with Crippen molar-refractivity contribution in [1.29, 1.82) is 0 Å². The predicted molar refractivity (Wildman–Crippen MR) is 139 cm³/mol. The highest BCUT2D eigenvalue weighted by molar-refractivity contribution is 5.95. The number of primary amides is 1. The lowest BCUT2D eigenvalue weighted by Gasteiger charge is -2.26. The molecule has 0 spiro atoms. The van der Waals surface area contributed by atoms with Crippen LogP contribution in [0.3, 0.4) is 0 Å². The van der Waals surface area contributed by atoms with Crippen LogP contribution in [0.15, 0.2) is 24.3 Å². The van der Waals surface area contributed by atoms with Crippen LogP contribution in [-0.4, -0.2) is 70.5 Å². The standard InChI is InChI=1S/C25H40N6O7/c1-14(2)11-19(30-22(34)17(27)13-21(28)33)24(36)29-18(5-3-4-10-26)23(35)31-20(25(37)38)12-15-6-8-16(32)9-7-15/h6-9,14,17-20,32H,3-5,10-13,26-27H2,1-2H3,(H2,28,33)(H,29,36)(H,30,34)(H,31,35)(H,37,38). The molecule has 0 heterocycles. The Morgan fingerprint density at radius 2 is 1.42 bits per heavy atom. The maximum atomic E-state index is 13.1. The third-order valence-electron chi connectivity index (χ3n) is 5.67. The average Bonchev–Trinajstić information content (AvgIpc) is 2.82. The minimum atomic E-state index is -1.29. The van der Waals surface area contributed by atoms with Crippen LogP contribution >= 0.6 is 0 Å². The first-order chi connectivity index (χ1) is 17.8. The second kappa shape index (κ2) is 16.2. The zero-order chi connectivity index (χ0) is 28.8. The summed E-state index contributed by atoms with van der Waals surface area (Å²) in [5.41, 5.74) is 16.9. The third kappa shape index (κ3) is 12.0. The van der Waals surface area contributed by atoms with Gasteiger partial charge in [0.2, 0.25) is 23.6 Å². The molecule has 0 radical (unpaired) electrons. The van der Waals surface area contributed by atoms with Gasteiger partial charge in [-0.3, -0.25) is 19.2 Å².